The Morgan fingerprint density at radius 2 is 1.75 bits per heavy atom. The summed E-state index contributed by atoms with van der Waals surface area (Å²) >= 11 is 0. The van der Waals surface area contributed by atoms with E-state index in [-0.39, 0.29) is 18.0 Å². The average Bonchev–Trinajstić information content (AvgIpc) is 3.32. The third-order valence-corrected chi connectivity index (χ3v) is 7.34. The van der Waals surface area contributed by atoms with E-state index in [1.54, 1.807) is 29.2 Å². The van der Waals surface area contributed by atoms with Crippen LogP contribution in [0.15, 0.2) is 47.4 Å². The number of rotatable bonds is 8. The van der Waals surface area contributed by atoms with Gasteiger partial charge in [0, 0.05) is 38.3 Å². The van der Waals surface area contributed by atoms with Crippen LogP contribution < -0.4 is 0 Å². The monoisotopic (exact) mass is 458 g/mol. The predicted molar refractivity (Wildman–Crippen MR) is 119 cm³/mol. The Morgan fingerprint density at radius 3 is 2.34 bits per heavy atom. The molecule has 1 aliphatic heterocycles. The maximum atomic E-state index is 14.5. The number of halogens is 1. The van der Waals surface area contributed by atoms with Gasteiger partial charge in [0.25, 0.3) is 5.91 Å². The van der Waals surface area contributed by atoms with E-state index in [4.69, 9.17) is 5.26 Å². The van der Waals surface area contributed by atoms with Crippen molar-refractivity contribution in [3.05, 3.63) is 65.0 Å². The highest BCUT2D eigenvalue weighted by molar-refractivity contribution is 7.89. The fourth-order valence-corrected chi connectivity index (χ4v) is 5.17. The van der Waals surface area contributed by atoms with E-state index < -0.39 is 20.7 Å². The van der Waals surface area contributed by atoms with Crippen molar-refractivity contribution in [3.63, 3.8) is 0 Å². The molecule has 170 valence electrons. The number of amides is 1. The lowest BCUT2D eigenvalue weighted by Gasteiger charge is -2.25. The highest BCUT2D eigenvalue weighted by Crippen LogP contribution is 2.25. The van der Waals surface area contributed by atoms with E-state index in [0.717, 1.165) is 30.5 Å². The maximum Gasteiger partial charge on any atom is 0.254 e. The summed E-state index contributed by atoms with van der Waals surface area (Å²) in [5.41, 5.74) is 1.48. The molecule has 0 unspecified atom stereocenters. The molecule has 7 nitrogen and oxygen atoms in total. The van der Waals surface area contributed by atoms with Crippen LogP contribution >= 0.6 is 0 Å². The molecule has 32 heavy (non-hydrogen) atoms. The van der Waals surface area contributed by atoms with Crippen LogP contribution in [0.4, 0.5) is 4.39 Å². The first kappa shape index (κ1) is 23.9. The molecule has 0 spiro atoms. The quantitative estimate of drug-likeness (QED) is 0.607. The van der Waals surface area contributed by atoms with Gasteiger partial charge in [-0.15, -0.1) is 0 Å². The van der Waals surface area contributed by atoms with Gasteiger partial charge in [0.2, 0.25) is 10.0 Å². The Labute approximate surface area is 188 Å². The molecule has 0 radical (unpaired) electrons. The summed E-state index contributed by atoms with van der Waals surface area (Å²) in [7, 11) is -0.211. The van der Waals surface area contributed by atoms with Crippen LogP contribution in [0.5, 0.6) is 0 Å². The average molecular weight is 459 g/mol. The van der Waals surface area contributed by atoms with Gasteiger partial charge in [-0.2, -0.15) is 9.57 Å². The summed E-state index contributed by atoms with van der Waals surface area (Å²) in [6.45, 7) is 1.99. The lowest BCUT2D eigenvalue weighted by atomic mass is 10.1. The predicted octanol–water partition coefficient (Wildman–Crippen LogP) is 2.69. The van der Waals surface area contributed by atoms with Crippen molar-refractivity contribution in [2.24, 2.45) is 0 Å². The molecule has 0 saturated carbocycles. The fourth-order valence-electron chi connectivity index (χ4n) is 3.56. The molecule has 1 saturated heterocycles. The van der Waals surface area contributed by atoms with Gasteiger partial charge >= 0.3 is 0 Å². The van der Waals surface area contributed by atoms with Gasteiger partial charge in [0.15, 0.2) is 0 Å². The molecule has 1 heterocycles. The molecule has 1 aliphatic rings. The normalized spacial score (nSPS) is 14.5. The van der Waals surface area contributed by atoms with Gasteiger partial charge in [-0.3, -0.25) is 4.79 Å². The Balaban J connectivity index is 1.90. The van der Waals surface area contributed by atoms with Crippen molar-refractivity contribution < 1.29 is 17.6 Å². The standard InChI is InChI=1S/C23H27FN4O3S/c1-26(2)13-14-27(17-19-7-5-18(16-25)6-8-19)23(29)20-9-10-21(24)22(15-20)32(30,31)28-11-3-4-12-28/h5-10,15H,3-4,11-14,17H2,1-2H3. The second-order valence-corrected chi connectivity index (χ2v) is 10.0. The molecule has 0 atom stereocenters. The zero-order chi connectivity index (χ0) is 23.3. The van der Waals surface area contributed by atoms with Crippen molar-refractivity contribution in [3.8, 4) is 6.07 Å². The van der Waals surface area contributed by atoms with Gasteiger partial charge in [-0.05, 0) is 62.8 Å². The summed E-state index contributed by atoms with van der Waals surface area (Å²) in [6.07, 6.45) is 1.48. The van der Waals surface area contributed by atoms with Crippen molar-refractivity contribution in [2.75, 3.05) is 40.3 Å². The SMILES string of the molecule is CN(C)CCN(Cc1ccc(C#N)cc1)C(=O)c1ccc(F)c(S(=O)(=O)N2CCCC2)c1. The van der Waals surface area contributed by atoms with Gasteiger partial charge in [0.05, 0.1) is 11.6 Å². The number of sulfonamides is 1. The highest BCUT2D eigenvalue weighted by Gasteiger charge is 2.31. The van der Waals surface area contributed by atoms with Crippen molar-refractivity contribution in [2.45, 2.75) is 24.3 Å². The van der Waals surface area contributed by atoms with E-state index in [2.05, 4.69) is 6.07 Å². The molecule has 0 aliphatic carbocycles. The molecule has 1 fully saturated rings. The molecule has 0 N–H and O–H groups in total. The molecule has 2 aromatic carbocycles. The number of nitriles is 1. The van der Waals surface area contributed by atoms with Crippen molar-refractivity contribution >= 4 is 15.9 Å². The Bertz CT molecular complexity index is 1110. The summed E-state index contributed by atoms with van der Waals surface area (Å²) < 4.78 is 41.5. The number of likely N-dealkylation sites (N-methyl/N-ethyl adjacent to an activating group) is 1. The zero-order valence-corrected chi connectivity index (χ0v) is 19.1. The second-order valence-electron chi connectivity index (χ2n) is 8.10. The van der Waals surface area contributed by atoms with E-state index >= 15 is 0 Å². The molecule has 2 aromatic rings. The van der Waals surface area contributed by atoms with Crippen LogP contribution in [0.2, 0.25) is 0 Å². The van der Waals surface area contributed by atoms with E-state index in [1.807, 2.05) is 19.0 Å². The number of carbonyl (C=O) groups excluding carboxylic acids is 1. The van der Waals surface area contributed by atoms with Crippen molar-refractivity contribution in [1.82, 2.24) is 14.1 Å². The highest BCUT2D eigenvalue weighted by atomic mass is 32.2. The molecular weight excluding hydrogens is 431 g/mol. The summed E-state index contributed by atoms with van der Waals surface area (Å²) in [5.74, 6) is -1.24. The first-order valence-electron chi connectivity index (χ1n) is 10.4. The lowest BCUT2D eigenvalue weighted by molar-refractivity contribution is 0.0731. The summed E-state index contributed by atoms with van der Waals surface area (Å²) in [6, 6.07) is 12.5. The second kappa shape index (κ2) is 10.2. The number of benzene rings is 2. The maximum absolute atomic E-state index is 14.5. The lowest BCUT2D eigenvalue weighted by Crippen LogP contribution is -2.36. The minimum atomic E-state index is -3.99. The first-order chi connectivity index (χ1) is 15.2. The molecular formula is C23H27FN4O3S. The number of carbonyl (C=O) groups is 1. The minimum Gasteiger partial charge on any atom is -0.333 e. The zero-order valence-electron chi connectivity index (χ0n) is 18.3. The molecule has 9 heteroatoms. The van der Waals surface area contributed by atoms with E-state index in [1.165, 1.54) is 10.4 Å². The third kappa shape index (κ3) is 5.51. The smallest absolute Gasteiger partial charge is 0.254 e. The van der Waals surface area contributed by atoms with Crippen LogP contribution in [0, 0.1) is 17.1 Å². The summed E-state index contributed by atoms with van der Waals surface area (Å²) in [5, 5.41) is 8.98. The Kier molecular flexibility index (Phi) is 7.61. The molecule has 0 aromatic heterocycles. The van der Waals surface area contributed by atoms with E-state index in [0.29, 0.717) is 31.7 Å². The summed E-state index contributed by atoms with van der Waals surface area (Å²) in [4.78, 5) is 16.4. The van der Waals surface area contributed by atoms with Crippen LogP contribution in [0.3, 0.4) is 0 Å². The first-order valence-corrected chi connectivity index (χ1v) is 11.9. The molecule has 0 bridgehead atoms. The van der Waals surface area contributed by atoms with Gasteiger partial charge in [-0.25, -0.2) is 12.8 Å². The van der Waals surface area contributed by atoms with Gasteiger partial charge < -0.3 is 9.80 Å². The van der Waals surface area contributed by atoms with Crippen LogP contribution in [0.25, 0.3) is 0 Å². The number of hydrogen-bond donors (Lipinski definition) is 0. The van der Waals surface area contributed by atoms with Crippen LogP contribution in [0.1, 0.15) is 34.3 Å². The van der Waals surface area contributed by atoms with Crippen molar-refractivity contribution in [1.29, 1.82) is 5.26 Å². The van der Waals surface area contributed by atoms with Gasteiger partial charge in [-0.1, -0.05) is 12.1 Å². The largest absolute Gasteiger partial charge is 0.333 e. The molecule has 1 amide bonds. The topological polar surface area (TPSA) is 84.7 Å². The van der Waals surface area contributed by atoms with E-state index in [9.17, 15) is 17.6 Å². The van der Waals surface area contributed by atoms with Crippen LogP contribution in [-0.4, -0.2) is 68.7 Å². The minimum absolute atomic E-state index is 0.122. The molecule has 3 rings (SSSR count). The Hall–Kier alpha value is -2.80. The Morgan fingerprint density at radius 1 is 1.09 bits per heavy atom. The fraction of sp³-hybridized carbons (Fsp3) is 0.391. The number of nitrogens with zero attached hydrogens (tertiary/aromatic N) is 4. The number of hydrogen-bond acceptors (Lipinski definition) is 5. The third-order valence-electron chi connectivity index (χ3n) is 5.42. The van der Waals surface area contributed by atoms with Gasteiger partial charge in [0.1, 0.15) is 10.7 Å². The van der Waals surface area contributed by atoms with Crippen LogP contribution in [-0.2, 0) is 16.6 Å².